The van der Waals surface area contributed by atoms with Crippen molar-refractivity contribution in [3.63, 3.8) is 0 Å². The number of aromatic nitrogens is 5. The summed E-state index contributed by atoms with van der Waals surface area (Å²) in [7, 11) is 0. The zero-order valence-corrected chi connectivity index (χ0v) is 19.5. The number of hydrogen-bond donors (Lipinski definition) is 2. The molecule has 196 valence electrons. The van der Waals surface area contributed by atoms with Gasteiger partial charge in [-0.15, -0.1) is 0 Å². The van der Waals surface area contributed by atoms with Crippen LogP contribution in [-0.4, -0.2) is 30.4 Å². The van der Waals surface area contributed by atoms with Crippen LogP contribution in [0.3, 0.4) is 0 Å². The van der Waals surface area contributed by atoms with Gasteiger partial charge in [0.1, 0.15) is 1.37 Å². The maximum absolute atomic E-state index is 14.2. The van der Waals surface area contributed by atoms with Crippen LogP contribution in [0.4, 0.5) is 30.5 Å². The first-order chi connectivity index (χ1) is 24.4. The number of nitrogens with one attached hydrogen (secondary N) is 2. The number of carbonyl (C=O) groups is 1. The third-order valence-electron chi connectivity index (χ3n) is 4.86. The van der Waals surface area contributed by atoms with Gasteiger partial charge in [-0.2, -0.15) is 13.2 Å². The number of imidazole rings is 1. The Morgan fingerprint density at radius 1 is 1.13 bits per heavy atom. The lowest BCUT2D eigenvalue weighted by molar-refractivity contribution is -0.137. The van der Waals surface area contributed by atoms with E-state index in [1.807, 2.05) is 5.32 Å². The Balaban J connectivity index is 1.63. The van der Waals surface area contributed by atoms with Gasteiger partial charge in [-0.25, -0.2) is 15.0 Å². The summed E-state index contributed by atoms with van der Waals surface area (Å²) in [5.41, 5.74) is -6.46. The molecule has 0 atom stereocenters. The topological polar surface area (TPSA) is 97.6 Å². The number of alkyl halides is 3. The highest BCUT2D eigenvalue weighted by Crippen LogP contribution is 2.33. The van der Waals surface area contributed by atoms with E-state index in [9.17, 15) is 18.0 Å². The summed E-state index contributed by atoms with van der Waals surface area (Å²) in [5, 5.41) is 4.51. The highest BCUT2D eigenvalue weighted by atomic mass is 19.4. The number of anilines is 3. The molecule has 0 saturated carbocycles. The molecule has 5 rings (SSSR count). The van der Waals surface area contributed by atoms with Crippen LogP contribution in [0.5, 0.6) is 0 Å². The Morgan fingerprint density at radius 2 is 2.00 bits per heavy atom. The molecule has 0 bridgehead atoms. The number of benzene rings is 2. The molecule has 0 aliphatic carbocycles. The molecule has 3 heterocycles. The van der Waals surface area contributed by atoms with Crippen molar-refractivity contribution in [2.24, 2.45) is 0 Å². The minimum Gasteiger partial charge on any atom is -0.324 e. The van der Waals surface area contributed by atoms with Gasteiger partial charge in [0.15, 0.2) is 0 Å². The second-order valence-corrected chi connectivity index (χ2v) is 7.65. The smallest absolute Gasteiger partial charge is 0.324 e. The van der Waals surface area contributed by atoms with Gasteiger partial charge in [-0.05, 0) is 67.7 Å². The zero-order chi connectivity index (χ0) is 39.6. The zero-order valence-electron chi connectivity index (χ0n) is 33.5. The minimum atomic E-state index is -5.37. The van der Waals surface area contributed by atoms with Crippen molar-refractivity contribution >= 4 is 23.2 Å². The number of aryl methyl sites for hydroxylation is 2. The standard InChI is InChI=1S/C28H22F3N7O/c1-17-5-6-19(10-25(17)37-27-33-9-7-24(36-27)20-4-3-8-32-14-20)26(39)35-22-11-21(28(29,30)31)12-23(13-22)38-15-18(2)34-16-38/h3-16H,1-2H3,(H,35,39)(H,33,36,37)/i1D3,3D,4D,7D,8D,9D,11D,12D,13D,14D,15D,16D. The van der Waals surface area contributed by atoms with Crippen molar-refractivity contribution in [3.05, 3.63) is 108 Å². The lowest BCUT2D eigenvalue weighted by Crippen LogP contribution is -2.14. The second-order valence-electron chi connectivity index (χ2n) is 7.65. The molecule has 0 spiro atoms. The normalized spacial score (nSPS) is 16.7. The Labute approximate surface area is 241 Å². The number of nitrogens with zero attached hydrogens (tertiary/aromatic N) is 5. The van der Waals surface area contributed by atoms with Crippen LogP contribution >= 0.6 is 0 Å². The van der Waals surface area contributed by atoms with Crippen LogP contribution in [0, 0.1) is 13.8 Å². The van der Waals surface area contributed by atoms with Gasteiger partial charge >= 0.3 is 6.18 Å². The van der Waals surface area contributed by atoms with E-state index in [-0.39, 0.29) is 5.69 Å². The summed E-state index contributed by atoms with van der Waals surface area (Å²) < 4.78 is 156. The quantitative estimate of drug-likeness (QED) is 0.259. The largest absolute Gasteiger partial charge is 0.416 e. The number of rotatable bonds is 6. The summed E-state index contributed by atoms with van der Waals surface area (Å²) in [5.74, 6) is -1.88. The minimum absolute atomic E-state index is 0.118. The van der Waals surface area contributed by atoms with Gasteiger partial charge in [-0.1, -0.05) is 6.07 Å². The summed E-state index contributed by atoms with van der Waals surface area (Å²) in [6, 6.07) is -3.30. The predicted octanol–water partition coefficient (Wildman–Crippen LogP) is 6.36. The van der Waals surface area contributed by atoms with Crippen molar-refractivity contribution < 1.29 is 37.2 Å². The highest BCUT2D eigenvalue weighted by Gasteiger charge is 2.31. The summed E-state index contributed by atoms with van der Waals surface area (Å²) in [4.78, 5) is 28.6. The van der Waals surface area contributed by atoms with E-state index in [4.69, 9.17) is 19.2 Å². The lowest BCUT2D eigenvalue weighted by atomic mass is 10.1. The SMILES string of the molecule is [2H]c1nc(Nc2cc(C(=O)Nc3c([2H])c(-n4c([2H])nc(C)c4[2H])c([2H])c(C(F)(F)F)c3[2H])ccc2C([2H])([2H])[2H])nc(-c2c([2H])nc([2H])c([2H])c2[2H])c1[2H]. The third-order valence-corrected chi connectivity index (χ3v) is 4.86. The first-order valence-corrected chi connectivity index (χ1v) is 10.7. The molecule has 5 aromatic rings. The fourth-order valence-electron chi connectivity index (χ4n) is 3.12. The van der Waals surface area contributed by atoms with Crippen molar-refractivity contribution in [1.82, 2.24) is 24.5 Å². The number of carbonyl (C=O) groups excluding carboxylic acids is 1. The maximum Gasteiger partial charge on any atom is 0.416 e. The lowest BCUT2D eigenvalue weighted by Gasteiger charge is -2.14. The van der Waals surface area contributed by atoms with Gasteiger partial charge in [0.2, 0.25) is 5.95 Å². The summed E-state index contributed by atoms with van der Waals surface area (Å²) >= 11 is 0. The van der Waals surface area contributed by atoms with Crippen LogP contribution in [0.1, 0.15) is 46.4 Å². The van der Waals surface area contributed by atoms with Crippen molar-refractivity contribution in [2.75, 3.05) is 10.6 Å². The van der Waals surface area contributed by atoms with E-state index in [0.29, 0.717) is 4.57 Å². The molecule has 39 heavy (non-hydrogen) atoms. The van der Waals surface area contributed by atoms with Gasteiger partial charge in [0.25, 0.3) is 5.91 Å². The summed E-state index contributed by atoms with van der Waals surface area (Å²) in [6.45, 7) is -1.63. The average molecular weight is 544 g/mol. The van der Waals surface area contributed by atoms with Crippen LogP contribution < -0.4 is 10.6 Å². The van der Waals surface area contributed by atoms with Crippen LogP contribution in [-0.2, 0) is 6.18 Å². The maximum atomic E-state index is 14.2. The number of pyridine rings is 1. The molecule has 11 heteroatoms. The molecular weight excluding hydrogens is 507 g/mol. The van der Waals surface area contributed by atoms with E-state index < -0.39 is 137 Å². The van der Waals surface area contributed by atoms with Crippen LogP contribution in [0.25, 0.3) is 16.9 Å². The average Bonchev–Trinajstić information content (AvgIpc) is 3.29. The monoisotopic (exact) mass is 543 g/mol. The van der Waals surface area contributed by atoms with Gasteiger partial charge < -0.3 is 15.2 Å². The fraction of sp³-hybridized carbons (Fsp3) is 0.107. The number of hydrogen-bond acceptors (Lipinski definition) is 6. The van der Waals surface area contributed by atoms with Crippen LogP contribution in [0.15, 0.2) is 85.4 Å². The Morgan fingerprint density at radius 3 is 2.77 bits per heavy atom. The van der Waals surface area contributed by atoms with Crippen molar-refractivity contribution in [1.29, 1.82) is 0 Å². The van der Waals surface area contributed by atoms with Gasteiger partial charge in [0.05, 0.1) is 37.0 Å². The first kappa shape index (κ1) is 13.7. The Hall–Kier alpha value is -5.06. The summed E-state index contributed by atoms with van der Waals surface area (Å²) in [6.07, 6.45) is -9.02. The molecule has 0 radical (unpaired) electrons. The number of halogens is 3. The molecule has 0 aliphatic heterocycles. The first-order valence-electron chi connectivity index (χ1n) is 17.7. The number of amides is 1. The molecule has 0 aliphatic rings. The molecule has 1 amide bonds. The van der Waals surface area contributed by atoms with Crippen molar-refractivity contribution in [3.8, 4) is 16.9 Å². The van der Waals surface area contributed by atoms with E-state index in [0.717, 1.165) is 18.2 Å². The molecule has 2 N–H and O–H groups in total. The molecular formula is C28H22F3N7O. The molecule has 2 aromatic carbocycles. The third kappa shape index (κ3) is 5.93. The van der Waals surface area contributed by atoms with E-state index in [1.54, 1.807) is 0 Å². The van der Waals surface area contributed by atoms with Gasteiger partial charge in [-0.3, -0.25) is 9.78 Å². The fourth-order valence-corrected chi connectivity index (χ4v) is 3.12. The molecule has 0 saturated heterocycles. The van der Waals surface area contributed by atoms with Gasteiger partial charge in [0, 0.05) is 57.0 Å². The molecule has 8 nitrogen and oxygen atoms in total. The second kappa shape index (κ2) is 10.4. The highest BCUT2D eigenvalue weighted by molar-refractivity contribution is 6.05. The van der Waals surface area contributed by atoms with E-state index >= 15 is 0 Å². The van der Waals surface area contributed by atoms with Crippen LogP contribution in [0.2, 0.25) is 0 Å². The predicted molar refractivity (Wildman–Crippen MR) is 141 cm³/mol. The van der Waals surface area contributed by atoms with E-state index in [1.165, 1.54) is 6.92 Å². The Bertz CT molecular complexity index is 2350. The Kier molecular flexibility index (Phi) is 3.63. The van der Waals surface area contributed by atoms with Crippen molar-refractivity contribution in [2.45, 2.75) is 20.0 Å². The van der Waals surface area contributed by atoms with E-state index in [2.05, 4.69) is 25.3 Å². The molecule has 3 aromatic heterocycles. The molecule has 0 fully saturated rings. The molecule has 0 unspecified atom stereocenters.